The van der Waals surface area contributed by atoms with Crippen LogP contribution in [0.2, 0.25) is 5.02 Å². The zero-order chi connectivity index (χ0) is 15.0. The standard InChI is InChI=1S/C16H19ClN2O2/c1-10(20)7-13-3-2-6-19(13)16(21)15-8-11-4-5-12(17)9-14(11)18-15/h4-5,8-10,13,18,20H,2-3,6-7H2,1H3. The fraction of sp³-hybridized carbons (Fsp3) is 0.438. The highest BCUT2D eigenvalue weighted by Crippen LogP contribution is 2.25. The van der Waals surface area contributed by atoms with Crippen molar-refractivity contribution in [2.75, 3.05) is 6.54 Å². The highest BCUT2D eigenvalue weighted by molar-refractivity contribution is 6.31. The monoisotopic (exact) mass is 306 g/mol. The van der Waals surface area contributed by atoms with E-state index in [1.807, 2.05) is 29.2 Å². The SMILES string of the molecule is CC(O)CC1CCCN1C(=O)c1cc2ccc(Cl)cc2[nH]1. The second-order valence-electron chi connectivity index (χ2n) is 5.79. The van der Waals surface area contributed by atoms with Crippen LogP contribution in [0.5, 0.6) is 0 Å². The summed E-state index contributed by atoms with van der Waals surface area (Å²) in [5.74, 6) is 0.00507. The number of fused-ring (bicyclic) bond motifs is 1. The van der Waals surface area contributed by atoms with Crippen LogP contribution in [0.4, 0.5) is 0 Å². The van der Waals surface area contributed by atoms with Gasteiger partial charge in [-0.05, 0) is 44.4 Å². The van der Waals surface area contributed by atoms with Crippen molar-refractivity contribution in [1.82, 2.24) is 9.88 Å². The van der Waals surface area contributed by atoms with Crippen molar-refractivity contribution in [3.8, 4) is 0 Å². The molecule has 0 saturated carbocycles. The van der Waals surface area contributed by atoms with Gasteiger partial charge in [0, 0.05) is 28.5 Å². The lowest BCUT2D eigenvalue weighted by molar-refractivity contribution is 0.0677. The molecule has 0 spiro atoms. The molecule has 2 unspecified atom stereocenters. The zero-order valence-corrected chi connectivity index (χ0v) is 12.7. The van der Waals surface area contributed by atoms with Crippen LogP contribution in [-0.2, 0) is 0 Å². The van der Waals surface area contributed by atoms with Crippen molar-refractivity contribution in [3.05, 3.63) is 35.0 Å². The quantitative estimate of drug-likeness (QED) is 0.915. The highest BCUT2D eigenvalue weighted by atomic mass is 35.5. The van der Waals surface area contributed by atoms with Gasteiger partial charge in [-0.2, -0.15) is 0 Å². The van der Waals surface area contributed by atoms with Gasteiger partial charge < -0.3 is 15.0 Å². The predicted octanol–water partition coefficient (Wildman–Crippen LogP) is 3.20. The van der Waals surface area contributed by atoms with Gasteiger partial charge in [0.15, 0.2) is 0 Å². The summed E-state index contributed by atoms with van der Waals surface area (Å²) in [5, 5.41) is 11.2. The number of aromatic amines is 1. The maximum Gasteiger partial charge on any atom is 0.270 e. The van der Waals surface area contributed by atoms with Crippen molar-refractivity contribution in [2.24, 2.45) is 0 Å². The van der Waals surface area contributed by atoms with Crippen molar-refractivity contribution in [1.29, 1.82) is 0 Å². The number of carbonyl (C=O) groups excluding carboxylic acids is 1. The van der Waals surface area contributed by atoms with Crippen LogP contribution in [0.1, 0.15) is 36.7 Å². The Bertz CT molecular complexity index is 665. The van der Waals surface area contributed by atoms with E-state index in [-0.39, 0.29) is 18.1 Å². The molecule has 1 aliphatic heterocycles. The summed E-state index contributed by atoms with van der Waals surface area (Å²) in [6, 6.07) is 7.55. The van der Waals surface area contributed by atoms with Gasteiger partial charge in [-0.1, -0.05) is 17.7 Å². The number of H-pyrrole nitrogens is 1. The van der Waals surface area contributed by atoms with E-state index in [4.69, 9.17) is 11.6 Å². The lowest BCUT2D eigenvalue weighted by atomic mass is 10.1. The van der Waals surface area contributed by atoms with Crippen molar-refractivity contribution >= 4 is 28.4 Å². The molecule has 2 N–H and O–H groups in total. The third kappa shape index (κ3) is 2.92. The Morgan fingerprint density at radius 3 is 3.10 bits per heavy atom. The van der Waals surface area contributed by atoms with Crippen LogP contribution >= 0.6 is 11.6 Å². The fourth-order valence-corrected chi connectivity index (χ4v) is 3.28. The maximum atomic E-state index is 12.7. The van der Waals surface area contributed by atoms with E-state index in [0.29, 0.717) is 17.1 Å². The van der Waals surface area contributed by atoms with E-state index < -0.39 is 0 Å². The molecule has 1 amide bonds. The normalized spacial score (nSPS) is 20.1. The van der Waals surface area contributed by atoms with Gasteiger partial charge in [-0.15, -0.1) is 0 Å². The number of aliphatic hydroxyl groups is 1. The van der Waals surface area contributed by atoms with E-state index in [9.17, 15) is 9.90 Å². The number of benzene rings is 1. The number of halogens is 1. The Kier molecular flexibility index (Phi) is 3.91. The molecule has 21 heavy (non-hydrogen) atoms. The number of likely N-dealkylation sites (tertiary alicyclic amines) is 1. The molecule has 1 saturated heterocycles. The summed E-state index contributed by atoms with van der Waals surface area (Å²) in [7, 11) is 0. The first-order chi connectivity index (χ1) is 10.0. The molecule has 1 fully saturated rings. The molecule has 0 radical (unpaired) electrons. The number of carbonyl (C=O) groups is 1. The second kappa shape index (κ2) is 5.70. The predicted molar refractivity (Wildman–Crippen MR) is 83.7 cm³/mol. The first kappa shape index (κ1) is 14.4. The van der Waals surface area contributed by atoms with Gasteiger partial charge in [0.05, 0.1) is 6.10 Å². The van der Waals surface area contributed by atoms with Crippen molar-refractivity contribution in [3.63, 3.8) is 0 Å². The minimum atomic E-state index is -0.384. The molecular formula is C16H19ClN2O2. The molecule has 2 atom stereocenters. The number of nitrogens with zero attached hydrogens (tertiary/aromatic N) is 1. The molecule has 1 aromatic heterocycles. The number of rotatable bonds is 3. The lowest BCUT2D eigenvalue weighted by Gasteiger charge is -2.25. The Hall–Kier alpha value is -1.52. The van der Waals surface area contributed by atoms with Crippen LogP contribution in [0, 0.1) is 0 Å². The van der Waals surface area contributed by atoms with Gasteiger partial charge in [0.2, 0.25) is 0 Å². The van der Waals surface area contributed by atoms with Crippen LogP contribution in [0.25, 0.3) is 10.9 Å². The smallest absolute Gasteiger partial charge is 0.270 e. The van der Waals surface area contributed by atoms with Gasteiger partial charge in [-0.25, -0.2) is 0 Å². The summed E-state index contributed by atoms with van der Waals surface area (Å²) < 4.78 is 0. The third-order valence-electron chi connectivity index (χ3n) is 4.07. The number of nitrogens with one attached hydrogen (secondary N) is 1. The second-order valence-corrected chi connectivity index (χ2v) is 6.23. The molecule has 5 heteroatoms. The Morgan fingerprint density at radius 1 is 1.52 bits per heavy atom. The van der Waals surface area contributed by atoms with Crippen LogP contribution in [-0.4, -0.2) is 39.6 Å². The highest BCUT2D eigenvalue weighted by Gasteiger charge is 2.30. The van der Waals surface area contributed by atoms with Gasteiger partial charge in [0.1, 0.15) is 5.69 Å². The topological polar surface area (TPSA) is 56.3 Å². The van der Waals surface area contributed by atoms with E-state index in [1.165, 1.54) is 0 Å². The maximum absolute atomic E-state index is 12.7. The molecule has 1 aliphatic rings. The first-order valence-electron chi connectivity index (χ1n) is 7.32. The molecule has 0 bridgehead atoms. The van der Waals surface area contributed by atoms with E-state index in [2.05, 4.69) is 4.98 Å². The lowest BCUT2D eigenvalue weighted by Crippen LogP contribution is -2.37. The summed E-state index contributed by atoms with van der Waals surface area (Å²) >= 11 is 5.97. The number of aromatic nitrogens is 1. The minimum Gasteiger partial charge on any atom is -0.393 e. The average molecular weight is 307 g/mol. The first-order valence-corrected chi connectivity index (χ1v) is 7.69. The summed E-state index contributed by atoms with van der Waals surface area (Å²) in [6.07, 6.45) is 2.21. The minimum absolute atomic E-state index is 0.00507. The largest absolute Gasteiger partial charge is 0.393 e. The van der Waals surface area contributed by atoms with Gasteiger partial charge in [-0.3, -0.25) is 4.79 Å². The van der Waals surface area contributed by atoms with Crippen LogP contribution in [0.15, 0.2) is 24.3 Å². The Morgan fingerprint density at radius 2 is 2.33 bits per heavy atom. The average Bonchev–Trinajstić information content (AvgIpc) is 3.03. The molecule has 112 valence electrons. The number of aliphatic hydroxyl groups excluding tert-OH is 1. The summed E-state index contributed by atoms with van der Waals surface area (Å²) in [6.45, 7) is 2.53. The number of hydrogen-bond donors (Lipinski definition) is 2. The Labute approximate surface area is 128 Å². The molecule has 1 aromatic carbocycles. The van der Waals surface area contributed by atoms with E-state index in [1.54, 1.807) is 6.92 Å². The molecule has 4 nitrogen and oxygen atoms in total. The fourth-order valence-electron chi connectivity index (χ4n) is 3.11. The molecule has 2 aromatic rings. The number of amides is 1. The van der Waals surface area contributed by atoms with Crippen LogP contribution < -0.4 is 0 Å². The summed E-state index contributed by atoms with van der Waals surface area (Å²) in [4.78, 5) is 17.7. The zero-order valence-electron chi connectivity index (χ0n) is 12.0. The summed E-state index contributed by atoms with van der Waals surface area (Å²) in [5.41, 5.74) is 1.46. The van der Waals surface area contributed by atoms with Crippen molar-refractivity contribution < 1.29 is 9.90 Å². The molecular weight excluding hydrogens is 288 g/mol. The van der Waals surface area contributed by atoms with E-state index in [0.717, 1.165) is 30.3 Å². The van der Waals surface area contributed by atoms with Crippen LogP contribution in [0.3, 0.4) is 0 Å². The third-order valence-corrected chi connectivity index (χ3v) is 4.30. The van der Waals surface area contributed by atoms with Crippen molar-refractivity contribution in [2.45, 2.75) is 38.3 Å². The molecule has 0 aliphatic carbocycles. The van der Waals surface area contributed by atoms with Gasteiger partial charge in [0.25, 0.3) is 5.91 Å². The Balaban J connectivity index is 1.85. The van der Waals surface area contributed by atoms with E-state index >= 15 is 0 Å². The molecule has 3 rings (SSSR count). The molecule has 2 heterocycles. The number of hydrogen-bond acceptors (Lipinski definition) is 2. The van der Waals surface area contributed by atoms with Gasteiger partial charge >= 0.3 is 0 Å².